The molecule has 0 atom stereocenters. The number of carbonyl (C=O) groups is 1. The van der Waals surface area contributed by atoms with Crippen LogP contribution in [0.5, 0.6) is 0 Å². The standard InChI is InChI=1S/C8H13N3O2/c1-10(6-8(12)13-3)7-4-9-11(2)5-7/h4-5H,6H2,1-3H3. The Morgan fingerprint density at radius 1 is 1.77 bits per heavy atom. The number of hydrogen-bond acceptors (Lipinski definition) is 4. The maximum absolute atomic E-state index is 10.9. The molecule has 0 aliphatic rings. The summed E-state index contributed by atoms with van der Waals surface area (Å²) in [6.07, 6.45) is 3.53. The van der Waals surface area contributed by atoms with Gasteiger partial charge in [-0.15, -0.1) is 0 Å². The van der Waals surface area contributed by atoms with Gasteiger partial charge in [0, 0.05) is 20.3 Å². The zero-order valence-electron chi connectivity index (χ0n) is 8.02. The zero-order valence-corrected chi connectivity index (χ0v) is 8.02. The van der Waals surface area contributed by atoms with Crippen LogP contribution in [0, 0.1) is 0 Å². The summed E-state index contributed by atoms with van der Waals surface area (Å²) in [6, 6.07) is 0. The first kappa shape index (κ1) is 9.57. The van der Waals surface area contributed by atoms with Crippen molar-refractivity contribution in [1.82, 2.24) is 9.78 Å². The second-order valence-corrected chi connectivity index (χ2v) is 2.80. The third-order valence-corrected chi connectivity index (χ3v) is 1.73. The lowest BCUT2D eigenvalue weighted by molar-refractivity contribution is -0.138. The number of anilines is 1. The van der Waals surface area contributed by atoms with Gasteiger partial charge < -0.3 is 9.64 Å². The molecule has 1 aromatic rings. The highest BCUT2D eigenvalue weighted by molar-refractivity contribution is 5.75. The Hall–Kier alpha value is -1.52. The topological polar surface area (TPSA) is 47.4 Å². The molecule has 0 bridgehead atoms. The molecule has 1 heterocycles. The van der Waals surface area contributed by atoms with Gasteiger partial charge in [-0.3, -0.25) is 9.48 Å². The van der Waals surface area contributed by atoms with Crippen LogP contribution >= 0.6 is 0 Å². The van der Waals surface area contributed by atoms with Gasteiger partial charge in [0.15, 0.2) is 0 Å². The first-order valence-electron chi connectivity index (χ1n) is 3.90. The van der Waals surface area contributed by atoms with E-state index in [-0.39, 0.29) is 12.5 Å². The van der Waals surface area contributed by atoms with E-state index >= 15 is 0 Å². The predicted octanol–water partition coefficient (Wildman–Crippen LogP) is 0.0293. The molecular weight excluding hydrogens is 170 g/mol. The molecule has 0 saturated carbocycles. The molecule has 0 aliphatic heterocycles. The van der Waals surface area contributed by atoms with E-state index in [0.717, 1.165) is 5.69 Å². The lowest BCUT2D eigenvalue weighted by Gasteiger charge is -2.14. The average molecular weight is 183 g/mol. The SMILES string of the molecule is COC(=O)CN(C)c1cnn(C)c1. The van der Waals surface area contributed by atoms with E-state index in [4.69, 9.17) is 0 Å². The van der Waals surface area contributed by atoms with E-state index in [1.165, 1.54) is 7.11 Å². The molecule has 0 saturated heterocycles. The third kappa shape index (κ3) is 2.47. The maximum atomic E-state index is 10.9. The Kier molecular flexibility index (Phi) is 2.89. The number of hydrogen-bond donors (Lipinski definition) is 0. The van der Waals surface area contributed by atoms with Crippen LogP contribution in [0.1, 0.15) is 0 Å². The molecule has 5 heteroatoms. The molecule has 5 nitrogen and oxygen atoms in total. The third-order valence-electron chi connectivity index (χ3n) is 1.73. The second-order valence-electron chi connectivity index (χ2n) is 2.80. The molecule has 0 radical (unpaired) electrons. The van der Waals surface area contributed by atoms with Crippen LogP contribution in [-0.2, 0) is 16.6 Å². The van der Waals surface area contributed by atoms with E-state index in [9.17, 15) is 4.79 Å². The van der Waals surface area contributed by atoms with Gasteiger partial charge in [-0.05, 0) is 0 Å². The largest absolute Gasteiger partial charge is 0.468 e. The highest BCUT2D eigenvalue weighted by atomic mass is 16.5. The fraction of sp³-hybridized carbons (Fsp3) is 0.500. The number of nitrogens with zero attached hydrogens (tertiary/aromatic N) is 3. The number of aryl methyl sites for hydroxylation is 1. The lowest BCUT2D eigenvalue weighted by Crippen LogP contribution is -2.25. The summed E-state index contributed by atoms with van der Waals surface area (Å²) < 4.78 is 6.22. The lowest BCUT2D eigenvalue weighted by atomic mass is 10.4. The number of esters is 1. The first-order valence-corrected chi connectivity index (χ1v) is 3.90. The highest BCUT2D eigenvalue weighted by Crippen LogP contribution is 2.08. The van der Waals surface area contributed by atoms with E-state index in [2.05, 4.69) is 9.84 Å². The van der Waals surface area contributed by atoms with Gasteiger partial charge in [0.05, 0.1) is 19.0 Å². The van der Waals surface area contributed by atoms with Gasteiger partial charge in [0.2, 0.25) is 0 Å². The van der Waals surface area contributed by atoms with Crippen LogP contribution in [-0.4, -0.2) is 36.5 Å². The van der Waals surface area contributed by atoms with Crippen LogP contribution in [0.2, 0.25) is 0 Å². The maximum Gasteiger partial charge on any atom is 0.325 e. The van der Waals surface area contributed by atoms with Gasteiger partial charge in [0.25, 0.3) is 0 Å². The summed E-state index contributed by atoms with van der Waals surface area (Å²) in [7, 11) is 5.02. The van der Waals surface area contributed by atoms with Crippen molar-refractivity contribution in [2.24, 2.45) is 7.05 Å². The van der Waals surface area contributed by atoms with Crippen LogP contribution in [0.25, 0.3) is 0 Å². The smallest absolute Gasteiger partial charge is 0.325 e. The molecule has 0 aliphatic carbocycles. The summed E-state index contributed by atoms with van der Waals surface area (Å²) in [6.45, 7) is 0.238. The van der Waals surface area contributed by atoms with Gasteiger partial charge >= 0.3 is 5.97 Å². The van der Waals surface area contributed by atoms with Crippen molar-refractivity contribution in [3.05, 3.63) is 12.4 Å². The molecule has 72 valence electrons. The molecule has 1 rings (SSSR count). The molecule has 0 spiro atoms. The number of aromatic nitrogens is 2. The molecule has 13 heavy (non-hydrogen) atoms. The van der Waals surface area contributed by atoms with E-state index in [1.807, 2.05) is 20.3 Å². The van der Waals surface area contributed by atoms with Gasteiger partial charge in [-0.1, -0.05) is 0 Å². The fourth-order valence-corrected chi connectivity index (χ4v) is 0.955. The molecule has 0 unspecified atom stereocenters. The number of rotatable bonds is 3. The minimum atomic E-state index is -0.258. The first-order chi connectivity index (χ1) is 6.13. The predicted molar refractivity (Wildman–Crippen MR) is 48.5 cm³/mol. The van der Waals surface area contributed by atoms with Crippen LogP contribution in [0.3, 0.4) is 0 Å². The van der Waals surface area contributed by atoms with Crippen molar-refractivity contribution in [2.45, 2.75) is 0 Å². The van der Waals surface area contributed by atoms with Crippen LogP contribution in [0.4, 0.5) is 5.69 Å². The summed E-state index contributed by atoms with van der Waals surface area (Å²) >= 11 is 0. The minimum Gasteiger partial charge on any atom is -0.468 e. The Labute approximate surface area is 76.9 Å². The second kappa shape index (κ2) is 3.93. The van der Waals surface area contributed by atoms with Crippen molar-refractivity contribution in [3.63, 3.8) is 0 Å². The van der Waals surface area contributed by atoms with Gasteiger partial charge in [0.1, 0.15) is 6.54 Å². The average Bonchev–Trinajstić information content (AvgIpc) is 2.51. The Bertz CT molecular complexity index is 295. The van der Waals surface area contributed by atoms with Crippen LogP contribution in [0.15, 0.2) is 12.4 Å². The van der Waals surface area contributed by atoms with Gasteiger partial charge in [-0.25, -0.2) is 0 Å². The van der Waals surface area contributed by atoms with Gasteiger partial charge in [-0.2, -0.15) is 5.10 Å². The van der Waals surface area contributed by atoms with E-state index < -0.39 is 0 Å². The van der Waals surface area contributed by atoms with E-state index in [0.29, 0.717) is 0 Å². The van der Waals surface area contributed by atoms with E-state index in [1.54, 1.807) is 15.8 Å². The normalized spacial score (nSPS) is 9.77. The molecule has 0 amide bonds. The molecular formula is C8H13N3O2. The summed E-state index contributed by atoms with van der Waals surface area (Å²) in [4.78, 5) is 12.7. The van der Waals surface area contributed by atoms with Crippen molar-refractivity contribution < 1.29 is 9.53 Å². The Morgan fingerprint density at radius 3 is 2.92 bits per heavy atom. The quantitative estimate of drug-likeness (QED) is 0.620. The molecule has 1 aromatic heterocycles. The summed E-state index contributed by atoms with van der Waals surface area (Å²) in [5.41, 5.74) is 0.896. The molecule has 0 fully saturated rings. The number of methoxy groups -OCH3 is 1. The Morgan fingerprint density at radius 2 is 2.46 bits per heavy atom. The van der Waals surface area contributed by atoms with Crippen molar-refractivity contribution in [3.8, 4) is 0 Å². The fourth-order valence-electron chi connectivity index (χ4n) is 0.955. The summed E-state index contributed by atoms with van der Waals surface area (Å²) in [5, 5.41) is 3.99. The summed E-state index contributed by atoms with van der Waals surface area (Å²) in [5.74, 6) is -0.258. The molecule has 0 aromatic carbocycles. The minimum absolute atomic E-state index is 0.238. The number of carbonyl (C=O) groups excluding carboxylic acids is 1. The molecule has 0 N–H and O–H groups in total. The monoisotopic (exact) mass is 183 g/mol. The van der Waals surface area contributed by atoms with Crippen LogP contribution < -0.4 is 4.90 Å². The number of likely N-dealkylation sites (N-methyl/N-ethyl adjacent to an activating group) is 1. The van der Waals surface area contributed by atoms with Crippen molar-refractivity contribution in [2.75, 3.05) is 25.6 Å². The van der Waals surface area contributed by atoms with Crippen molar-refractivity contribution >= 4 is 11.7 Å². The number of ether oxygens (including phenoxy) is 1. The Balaban J connectivity index is 2.58. The zero-order chi connectivity index (χ0) is 9.84. The van der Waals surface area contributed by atoms with Crippen molar-refractivity contribution in [1.29, 1.82) is 0 Å². The highest BCUT2D eigenvalue weighted by Gasteiger charge is 2.07.